The van der Waals surface area contributed by atoms with Crippen LogP contribution in [0, 0.1) is 5.92 Å². The van der Waals surface area contributed by atoms with Crippen molar-refractivity contribution < 1.29 is 0 Å². The van der Waals surface area contributed by atoms with E-state index in [1.807, 2.05) is 0 Å². The molecule has 2 atom stereocenters. The molecule has 1 aliphatic carbocycles. The Morgan fingerprint density at radius 3 is 2.93 bits per heavy atom. The smallest absolute Gasteiger partial charge is 0.0513 e. The minimum atomic E-state index is 0.528. The van der Waals surface area contributed by atoms with E-state index in [1.165, 1.54) is 25.0 Å². The van der Waals surface area contributed by atoms with Gasteiger partial charge in [0.2, 0.25) is 0 Å². The molecule has 1 heterocycles. The van der Waals surface area contributed by atoms with Gasteiger partial charge in [-0.2, -0.15) is 0 Å². The van der Waals surface area contributed by atoms with Crippen molar-refractivity contribution in [1.82, 2.24) is 5.32 Å². The fourth-order valence-electron chi connectivity index (χ4n) is 2.52. The maximum Gasteiger partial charge on any atom is 0.0513 e. The summed E-state index contributed by atoms with van der Waals surface area (Å²) in [6.07, 6.45) is 12.9. The Morgan fingerprint density at radius 1 is 1.43 bits per heavy atom. The van der Waals surface area contributed by atoms with Gasteiger partial charge in [0.15, 0.2) is 0 Å². The Morgan fingerprint density at radius 2 is 2.21 bits per heavy atom. The molecule has 0 bridgehead atoms. The Kier molecular flexibility index (Phi) is 2.76. The van der Waals surface area contributed by atoms with Crippen LogP contribution in [0.3, 0.4) is 0 Å². The van der Waals surface area contributed by atoms with E-state index in [4.69, 9.17) is 0 Å². The van der Waals surface area contributed by atoms with E-state index in [0.29, 0.717) is 12.0 Å². The third-order valence-electron chi connectivity index (χ3n) is 3.19. The summed E-state index contributed by atoms with van der Waals surface area (Å²) in [5.74, 6) is 0.692. The molecule has 1 heteroatoms. The second-order valence-corrected chi connectivity index (χ2v) is 4.07. The van der Waals surface area contributed by atoms with Gasteiger partial charge in [0, 0.05) is 11.6 Å². The van der Waals surface area contributed by atoms with Crippen LogP contribution in [0.25, 0.3) is 0 Å². The predicted octanol–water partition coefficient (Wildman–Crippen LogP) is 3.16. The zero-order chi connectivity index (χ0) is 9.97. The fourth-order valence-corrected chi connectivity index (χ4v) is 2.52. The number of hydrogen-bond donors (Lipinski definition) is 1. The van der Waals surface area contributed by atoms with Crippen LogP contribution in [-0.2, 0) is 0 Å². The van der Waals surface area contributed by atoms with E-state index >= 15 is 0 Å². The Labute approximate surface area is 86.6 Å². The summed E-state index contributed by atoms with van der Waals surface area (Å²) in [6, 6.07) is 0.528. The van der Waals surface area contributed by atoms with Crippen molar-refractivity contribution in [3.63, 3.8) is 0 Å². The number of allylic oxidation sites excluding steroid dienone is 4. The van der Waals surface area contributed by atoms with Crippen molar-refractivity contribution in [1.29, 1.82) is 0 Å². The summed E-state index contributed by atoms with van der Waals surface area (Å²) >= 11 is 0. The van der Waals surface area contributed by atoms with Crippen LogP contribution in [-0.4, -0.2) is 6.04 Å². The lowest BCUT2D eigenvalue weighted by molar-refractivity contribution is 0.544. The first kappa shape index (κ1) is 9.57. The lowest BCUT2D eigenvalue weighted by Gasteiger charge is -2.14. The highest BCUT2D eigenvalue weighted by molar-refractivity contribution is 5.41. The van der Waals surface area contributed by atoms with Crippen LogP contribution in [0.4, 0.5) is 0 Å². The first-order valence-corrected chi connectivity index (χ1v) is 5.66. The molecule has 2 rings (SSSR count). The molecule has 0 aromatic rings. The van der Waals surface area contributed by atoms with Crippen molar-refractivity contribution in [2.45, 2.75) is 39.2 Å². The maximum atomic E-state index is 3.60. The van der Waals surface area contributed by atoms with E-state index in [-0.39, 0.29) is 0 Å². The molecule has 0 radical (unpaired) electrons. The van der Waals surface area contributed by atoms with Crippen molar-refractivity contribution in [3.8, 4) is 0 Å². The van der Waals surface area contributed by atoms with Gasteiger partial charge in [-0.15, -0.1) is 0 Å². The average Bonchev–Trinajstić information content (AvgIpc) is 2.55. The Balaban J connectivity index is 2.25. The third kappa shape index (κ3) is 1.52. The predicted molar refractivity (Wildman–Crippen MR) is 60.9 cm³/mol. The first-order valence-electron chi connectivity index (χ1n) is 5.66. The summed E-state index contributed by atoms with van der Waals surface area (Å²) in [5, 5.41) is 3.60. The standard InChI is InChI=1S/C13H19N/c1-3-7-12-10(4-2)11-8-5-6-9-13(11)14-12/h3,7-10,12,14H,4-6H2,1-2H3/b7-3-. The van der Waals surface area contributed by atoms with Crippen LogP contribution in [0.15, 0.2) is 35.6 Å². The van der Waals surface area contributed by atoms with Crippen LogP contribution in [0.2, 0.25) is 0 Å². The van der Waals surface area contributed by atoms with E-state index in [1.54, 1.807) is 5.57 Å². The van der Waals surface area contributed by atoms with Gasteiger partial charge < -0.3 is 5.32 Å². The van der Waals surface area contributed by atoms with Gasteiger partial charge in [0.25, 0.3) is 0 Å². The minimum Gasteiger partial charge on any atom is -0.378 e. The third-order valence-corrected chi connectivity index (χ3v) is 3.19. The van der Waals surface area contributed by atoms with Crippen molar-refractivity contribution in [2.75, 3.05) is 0 Å². The molecular weight excluding hydrogens is 170 g/mol. The molecule has 2 unspecified atom stereocenters. The zero-order valence-electron chi connectivity index (χ0n) is 9.09. The molecule has 14 heavy (non-hydrogen) atoms. The minimum absolute atomic E-state index is 0.528. The molecule has 1 fully saturated rings. The lowest BCUT2D eigenvalue weighted by Crippen LogP contribution is -2.23. The first-order chi connectivity index (χ1) is 6.86. The number of nitrogens with one attached hydrogen (secondary N) is 1. The van der Waals surface area contributed by atoms with Crippen LogP contribution in [0.5, 0.6) is 0 Å². The molecule has 2 aliphatic rings. The molecule has 1 saturated heterocycles. The van der Waals surface area contributed by atoms with Gasteiger partial charge in [-0.05, 0) is 31.8 Å². The summed E-state index contributed by atoms with van der Waals surface area (Å²) < 4.78 is 0. The van der Waals surface area contributed by atoms with Crippen molar-refractivity contribution >= 4 is 0 Å². The topological polar surface area (TPSA) is 12.0 Å². The summed E-state index contributed by atoms with van der Waals surface area (Å²) in [4.78, 5) is 0. The molecule has 0 spiro atoms. The van der Waals surface area contributed by atoms with Gasteiger partial charge in [-0.3, -0.25) is 0 Å². The highest BCUT2D eigenvalue weighted by atomic mass is 15.0. The van der Waals surface area contributed by atoms with Crippen molar-refractivity contribution in [3.05, 3.63) is 35.6 Å². The highest BCUT2D eigenvalue weighted by Crippen LogP contribution is 2.35. The molecule has 1 aliphatic heterocycles. The van der Waals surface area contributed by atoms with Crippen LogP contribution >= 0.6 is 0 Å². The van der Waals surface area contributed by atoms with Crippen LogP contribution < -0.4 is 5.32 Å². The SMILES string of the molecule is C/C=C\C1NC2=CCCC=C2C1CC. The van der Waals surface area contributed by atoms with E-state index in [2.05, 4.69) is 43.5 Å². The van der Waals surface area contributed by atoms with E-state index < -0.39 is 0 Å². The number of fused-ring (bicyclic) bond motifs is 1. The second kappa shape index (κ2) is 4.04. The molecule has 0 aromatic heterocycles. The van der Waals surface area contributed by atoms with E-state index in [0.717, 1.165) is 0 Å². The van der Waals surface area contributed by atoms with Gasteiger partial charge in [-0.1, -0.05) is 31.2 Å². The van der Waals surface area contributed by atoms with Gasteiger partial charge >= 0.3 is 0 Å². The molecule has 1 N–H and O–H groups in total. The lowest BCUT2D eigenvalue weighted by atomic mass is 9.89. The van der Waals surface area contributed by atoms with Gasteiger partial charge in [-0.25, -0.2) is 0 Å². The molecule has 0 amide bonds. The molecular formula is C13H19N. The Hall–Kier alpha value is -0.980. The average molecular weight is 189 g/mol. The maximum absolute atomic E-state index is 3.60. The van der Waals surface area contributed by atoms with Crippen LogP contribution in [0.1, 0.15) is 33.1 Å². The zero-order valence-corrected chi connectivity index (χ0v) is 9.09. The largest absolute Gasteiger partial charge is 0.378 e. The fraction of sp³-hybridized carbons (Fsp3) is 0.538. The number of hydrogen-bond acceptors (Lipinski definition) is 1. The molecule has 0 saturated carbocycles. The second-order valence-electron chi connectivity index (χ2n) is 4.07. The monoisotopic (exact) mass is 189 g/mol. The highest BCUT2D eigenvalue weighted by Gasteiger charge is 2.31. The van der Waals surface area contributed by atoms with Gasteiger partial charge in [0.05, 0.1) is 6.04 Å². The molecule has 76 valence electrons. The summed E-state index contributed by atoms with van der Waals surface area (Å²) in [5.41, 5.74) is 2.95. The summed E-state index contributed by atoms with van der Waals surface area (Å²) in [7, 11) is 0. The van der Waals surface area contributed by atoms with Crippen molar-refractivity contribution in [2.24, 2.45) is 5.92 Å². The van der Waals surface area contributed by atoms with Gasteiger partial charge in [0.1, 0.15) is 0 Å². The normalized spacial score (nSPS) is 31.0. The number of rotatable bonds is 2. The molecule has 0 aromatic carbocycles. The Bertz CT molecular complexity index is 296. The van der Waals surface area contributed by atoms with E-state index in [9.17, 15) is 0 Å². The quantitative estimate of drug-likeness (QED) is 0.658. The summed E-state index contributed by atoms with van der Waals surface area (Å²) in [6.45, 7) is 4.38. The molecule has 1 nitrogen and oxygen atoms in total.